The summed E-state index contributed by atoms with van der Waals surface area (Å²) >= 11 is 0. The lowest BCUT2D eigenvalue weighted by molar-refractivity contribution is -0.821. The zero-order chi connectivity index (χ0) is 28.3. The lowest BCUT2D eigenvalue weighted by Crippen LogP contribution is -3.03. The predicted molar refractivity (Wildman–Crippen MR) is 144 cm³/mol. The van der Waals surface area contributed by atoms with Crippen molar-refractivity contribution in [1.82, 2.24) is 9.88 Å². The molecule has 1 aliphatic heterocycles. The average molecular weight is 541 g/mol. The number of carbonyl (C=O) groups is 1. The number of carboxylic acids is 1. The number of pyridine rings is 1. The molecule has 4 rings (SSSR count). The van der Waals surface area contributed by atoms with Crippen molar-refractivity contribution in [3.8, 4) is 11.1 Å². The van der Waals surface area contributed by atoms with Crippen molar-refractivity contribution in [3.05, 3.63) is 93.2 Å². The Morgan fingerprint density at radius 3 is 2.44 bits per heavy atom. The summed E-state index contributed by atoms with van der Waals surface area (Å²) < 4.78 is 44.6. The van der Waals surface area contributed by atoms with Crippen LogP contribution in [0.4, 0.5) is 19.0 Å². The third-order valence-corrected chi connectivity index (χ3v) is 7.08. The third-order valence-electron chi connectivity index (χ3n) is 7.08. The monoisotopic (exact) mass is 540 g/mol. The molecule has 1 aromatic heterocycles. The number of hydroxylamine groups is 2. The summed E-state index contributed by atoms with van der Waals surface area (Å²) in [5.74, 6) is -3.45. The molecule has 0 spiro atoms. The molecule has 0 radical (unpaired) electrons. The van der Waals surface area contributed by atoms with Gasteiger partial charge < -0.3 is 25.6 Å². The third kappa shape index (κ3) is 5.83. The van der Waals surface area contributed by atoms with Gasteiger partial charge >= 0.3 is 5.97 Å². The van der Waals surface area contributed by atoms with Gasteiger partial charge in [0, 0.05) is 18.2 Å². The molecule has 7 nitrogen and oxygen atoms in total. The molecule has 0 amide bonds. The van der Waals surface area contributed by atoms with Crippen LogP contribution in [0, 0.1) is 29.6 Å². The summed E-state index contributed by atoms with van der Waals surface area (Å²) in [4.78, 5) is 18.6. The van der Waals surface area contributed by atoms with E-state index in [-0.39, 0.29) is 22.4 Å². The second kappa shape index (κ2) is 12.0. The first kappa shape index (κ1) is 28.3. The van der Waals surface area contributed by atoms with Crippen molar-refractivity contribution in [3.63, 3.8) is 0 Å². The van der Waals surface area contributed by atoms with Gasteiger partial charge in [0.2, 0.25) is 0 Å². The van der Waals surface area contributed by atoms with Gasteiger partial charge in [-0.25, -0.2) is 22.9 Å². The molecular weight excluding hydrogens is 509 g/mol. The highest BCUT2D eigenvalue weighted by atomic mass is 19.1. The van der Waals surface area contributed by atoms with Crippen LogP contribution in [0.2, 0.25) is 0 Å². The molecule has 206 valence electrons. The van der Waals surface area contributed by atoms with Crippen LogP contribution in [0.5, 0.6) is 0 Å². The Labute approximate surface area is 225 Å². The Bertz CT molecular complexity index is 1390. The number of hydrogen-bond acceptors (Lipinski definition) is 5. The van der Waals surface area contributed by atoms with Crippen LogP contribution < -0.4 is 10.4 Å². The molecule has 3 N–H and O–H groups in total. The number of hydrogen-bond donors (Lipinski definition) is 3. The maximum Gasteiger partial charge on any atom is 0.335 e. The highest BCUT2D eigenvalue weighted by molar-refractivity contribution is 5.91. The Hall–Kier alpha value is -3.73. The van der Waals surface area contributed by atoms with Crippen LogP contribution in [-0.4, -0.2) is 47.1 Å². The van der Waals surface area contributed by atoms with Gasteiger partial charge in [0.05, 0.1) is 17.3 Å². The van der Waals surface area contributed by atoms with Gasteiger partial charge in [-0.15, -0.1) is 0 Å². The van der Waals surface area contributed by atoms with Gasteiger partial charge in [-0.3, -0.25) is 0 Å². The number of nitrogens with one attached hydrogen (secondary N) is 2. The first-order valence-electron chi connectivity index (χ1n) is 12.9. The number of anilines is 1. The smallest absolute Gasteiger partial charge is 0.335 e. The molecule has 1 aliphatic rings. The molecule has 0 saturated heterocycles. The zero-order valence-electron chi connectivity index (χ0n) is 22.0. The van der Waals surface area contributed by atoms with E-state index in [1.165, 1.54) is 31.3 Å². The van der Waals surface area contributed by atoms with E-state index in [1.54, 1.807) is 6.07 Å². The Morgan fingerprint density at radius 1 is 1.10 bits per heavy atom. The van der Waals surface area contributed by atoms with Crippen molar-refractivity contribution in [2.24, 2.45) is 0 Å². The Morgan fingerprint density at radius 2 is 1.79 bits per heavy atom. The fourth-order valence-electron chi connectivity index (χ4n) is 4.89. The first-order valence-corrected chi connectivity index (χ1v) is 12.9. The first-order chi connectivity index (χ1) is 18.7. The average Bonchev–Trinajstić information content (AvgIpc) is 2.90. The summed E-state index contributed by atoms with van der Waals surface area (Å²) in [6.07, 6.45) is 3.47. The van der Waals surface area contributed by atoms with Gasteiger partial charge in [0.15, 0.2) is 6.04 Å². The Balaban J connectivity index is 1.88. The minimum absolute atomic E-state index is 0.107. The fraction of sp³-hybridized carbons (Fsp3) is 0.310. The van der Waals surface area contributed by atoms with E-state index in [0.29, 0.717) is 23.5 Å². The summed E-state index contributed by atoms with van der Waals surface area (Å²) in [5.41, 5.74) is 0.671. The van der Waals surface area contributed by atoms with E-state index < -0.39 is 40.1 Å². The van der Waals surface area contributed by atoms with Crippen molar-refractivity contribution >= 4 is 17.9 Å². The van der Waals surface area contributed by atoms with Crippen molar-refractivity contribution < 1.29 is 28.1 Å². The number of carboxylic acid groups (broad SMARTS) is 1. The number of fused-ring (bicyclic) bond motifs is 1. The van der Waals surface area contributed by atoms with Gasteiger partial charge in [-0.1, -0.05) is 19.9 Å². The molecule has 0 bridgehead atoms. The topological polar surface area (TPSA) is 93.0 Å². The quantitative estimate of drug-likeness (QED) is 0.253. The van der Waals surface area contributed by atoms with Crippen LogP contribution >= 0.6 is 0 Å². The summed E-state index contributed by atoms with van der Waals surface area (Å²) in [7, 11) is 0. The number of quaternary nitrogens is 1. The SMILES string of the molecule is CCN(CC)CCCNc1cc(-c2cc(C(=O)O)cc(F)c2C)c2c(n1)C(c1c(F)cccc1F)[NH+]([O-])C=C2. The molecule has 3 aromatic rings. The highest BCUT2D eigenvalue weighted by Gasteiger charge is 2.34. The molecule has 10 heteroatoms. The molecule has 2 aromatic carbocycles. The number of halogens is 3. The lowest BCUT2D eigenvalue weighted by atomic mass is 9.88. The minimum Gasteiger partial charge on any atom is -0.629 e. The van der Waals surface area contributed by atoms with Crippen molar-refractivity contribution in [2.45, 2.75) is 33.2 Å². The molecule has 0 fully saturated rings. The van der Waals surface area contributed by atoms with E-state index in [1.807, 2.05) is 0 Å². The molecule has 2 heterocycles. The fourth-order valence-corrected chi connectivity index (χ4v) is 4.89. The van der Waals surface area contributed by atoms with Crippen molar-refractivity contribution in [2.75, 3.05) is 31.5 Å². The standard InChI is InChI=1S/C29H31F3N4O3/c1-4-35(5-2)12-7-11-33-25-16-21(20-14-18(29(37)38)15-24(32)17(20)3)19-10-13-36(39)28(27(19)34-25)26-22(30)8-6-9-23(26)31/h6,8-10,13-16,28,36H,4-5,7,11-12H2,1-3H3,(H,33,34)(H,37,38). The molecule has 2 atom stereocenters. The second-order valence-electron chi connectivity index (χ2n) is 9.40. The number of nitrogens with zero attached hydrogens (tertiary/aromatic N) is 2. The Kier molecular flexibility index (Phi) is 8.69. The minimum atomic E-state index is -1.37. The van der Waals surface area contributed by atoms with E-state index in [0.717, 1.165) is 44.3 Å². The van der Waals surface area contributed by atoms with Crippen LogP contribution in [0.15, 0.2) is 42.6 Å². The molecular formula is C29H31F3N4O3. The second-order valence-corrected chi connectivity index (χ2v) is 9.40. The van der Waals surface area contributed by atoms with Gasteiger partial charge in [0.25, 0.3) is 0 Å². The van der Waals surface area contributed by atoms with E-state index >= 15 is 0 Å². The number of aromatic carboxylic acids is 1. The van der Waals surface area contributed by atoms with E-state index in [9.17, 15) is 28.3 Å². The van der Waals surface area contributed by atoms with Gasteiger partial charge in [0.1, 0.15) is 29.0 Å². The summed E-state index contributed by atoms with van der Waals surface area (Å²) in [6.45, 7) is 8.85. The normalized spacial score (nSPS) is 16.4. The summed E-state index contributed by atoms with van der Waals surface area (Å²) in [6, 6.07) is 5.95. The molecule has 0 aliphatic carbocycles. The number of rotatable bonds is 10. The zero-order valence-corrected chi connectivity index (χ0v) is 22.0. The number of benzene rings is 2. The molecule has 0 saturated carbocycles. The van der Waals surface area contributed by atoms with Crippen LogP contribution in [0.3, 0.4) is 0 Å². The van der Waals surface area contributed by atoms with Crippen LogP contribution in [0.1, 0.15) is 59.1 Å². The molecule has 39 heavy (non-hydrogen) atoms. The van der Waals surface area contributed by atoms with Gasteiger partial charge in [-0.2, -0.15) is 0 Å². The predicted octanol–water partition coefficient (Wildman–Crippen LogP) is 4.77. The van der Waals surface area contributed by atoms with E-state index in [2.05, 4.69) is 29.0 Å². The van der Waals surface area contributed by atoms with Crippen LogP contribution in [-0.2, 0) is 0 Å². The largest absolute Gasteiger partial charge is 0.629 e. The maximum atomic E-state index is 14.9. The number of aromatic nitrogens is 1. The maximum absolute atomic E-state index is 14.9. The van der Waals surface area contributed by atoms with Crippen molar-refractivity contribution in [1.29, 1.82) is 0 Å². The van der Waals surface area contributed by atoms with E-state index in [4.69, 9.17) is 0 Å². The summed E-state index contributed by atoms with van der Waals surface area (Å²) in [5, 5.41) is 25.3. The lowest BCUT2D eigenvalue weighted by Gasteiger charge is -2.33. The van der Waals surface area contributed by atoms with Gasteiger partial charge in [-0.05, 0) is 80.0 Å². The highest BCUT2D eigenvalue weighted by Crippen LogP contribution is 2.38. The van der Waals surface area contributed by atoms with Crippen LogP contribution in [0.25, 0.3) is 17.2 Å². The molecule has 2 unspecified atom stereocenters.